The molecule has 1 radical (unpaired) electrons. The third-order valence-corrected chi connectivity index (χ3v) is 5.08. The summed E-state index contributed by atoms with van der Waals surface area (Å²) in [4.78, 5) is 4.31. The summed E-state index contributed by atoms with van der Waals surface area (Å²) >= 11 is 0. The molecule has 3 rings (SSSR count). The molecule has 1 aromatic rings. The molecule has 0 aromatic heterocycles. The summed E-state index contributed by atoms with van der Waals surface area (Å²) in [5.74, 6) is 1.32. The van der Waals surface area contributed by atoms with Crippen LogP contribution in [0.25, 0.3) is 0 Å². The molecule has 0 amide bonds. The van der Waals surface area contributed by atoms with E-state index in [0.29, 0.717) is 23.9 Å². The van der Waals surface area contributed by atoms with Gasteiger partial charge in [-0.15, -0.1) is 0 Å². The van der Waals surface area contributed by atoms with Crippen molar-refractivity contribution in [2.75, 3.05) is 6.61 Å². The predicted octanol–water partition coefficient (Wildman–Crippen LogP) is 3.95. The van der Waals surface area contributed by atoms with Gasteiger partial charge in [0, 0.05) is 32.7 Å². The van der Waals surface area contributed by atoms with Gasteiger partial charge in [-0.3, -0.25) is 5.26 Å². The number of aryl methyl sites for hydroxylation is 1. The summed E-state index contributed by atoms with van der Waals surface area (Å²) in [5, 5.41) is 8.54. The summed E-state index contributed by atoms with van der Waals surface area (Å²) in [7, 11) is 0. The van der Waals surface area contributed by atoms with Gasteiger partial charge in [0.05, 0.1) is 6.61 Å². The molecule has 0 saturated heterocycles. The van der Waals surface area contributed by atoms with Gasteiger partial charge in [-0.1, -0.05) is 25.7 Å². The van der Waals surface area contributed by atoms with Crippen molar-refractivity contribution in [3.8, 4) is 0 Å². The molecule has 1 N–H and O–H groups in total. The molecule has 2 saturated carbocycles. The number of hydrogen-bond acceptors (Lipinski definition) is 2. The summed E-state index contributed by atoms with van der Waals surface area (Å²) < 4.78 is 0. The van der Waals surface area contributed by atoms with Gasteiger partial charge >= 0.3 is 0 Å². The van der Waals surface area contributed by atoms with Crippen molar-refractivity contribution in [3.63, 3.8) is 0 Å². The molecule has 0 aliphatic heterocycles. The van der Waals surface area contributed by atoms with E-state index in [-0.39, 0.29) is 32.7 Å². The van der Waals surface area contributed by atoms with E-state index >= 15 is 0 Å². The van der Waals surface area contributed by atoms with Crippen molar-refractivity contribution >= 4 is 0 Å². The Balaban J connectivity index is 0.00000133. The van der Waals surface area contributed by atoms with Crippen LogP contribution < -0.4 is 0 Å². The van der Waals surface area contributed by atoms with Crippen molar-refractivity contribution in [2.45, 2.75) is 44.9 Å². The van der Waals surface area contributed by atoms with Crippen molar-refractivity contribution in [1.29, 1.82) is 0 Å². The van der Waals surface area contributed by atoms with E-state index in [9.17, 15) is 0 Å². The topological polar surface area (TPSA) is 29.5 Å². The van der Waals surface area contributed by atoms with Crippen LogP contribution in [0.4, 0.5) is 0 Å². The van der Waals surface area contributed by atoms with E-state index in [4.69, 9.17) is 5.26 Å². The summed E-state index contributed by atoms with van der Waals surface area (Å²) in [6, 6.07) is 9.90. The third kappa shape index (κ3) is 3.29. The number of benzene rings is 1. The first-order chi connectivity index (χ1) is 8.73. The molecule has 1 aromatic carbocycles. The van der Waals surface area contributed by atoms with Gasteiger partial charge in [-0.2, -0.15) is 35.4 Å². The Morgan fingerprint density at radius 2 is 2.11 bits per heavy atom. The van der Waals surface area contributed by atoms with Crippen molar-refractivity contribution in [3.05, 3.63) is 35.4 Å². The largest absolute Gasteiger partial charge is 0.252 e. The second-order valence-corrected chi connectivity index (χ2v) is 6.14. The van der Waals surface area contributed by atoms with Crippen molar-refractivity contribution < 1.29 is 42.9 Å². The number of hydrogen-bond donors (Lipinski definition) is 1. The third-order valence-electron chi connectivity index (χ3n) is 5.08. The van der Waals surface area contributed by atoms with Gasteiger partial charge < -0.3 is 0 Å². The second-order valence-electron chi connectivity index (χ2n) is 6.14. The second kappa shape index (κ2) is 6.34. The monoisotopic (exact) mass is 334 g/mol. The minimum atomic E-state index is 0. The van der Waals surface area contributed by atoms with Crippen LogP contribution in [0.15, 0.2) is 18.2 Å². The Hall–Kier alpha value is 0.244. The summed E-state index contributed by atoms with van der Waals surface area (Å²) in [6.07, 6.45) is 6.39. The maximum absolute atomic E-state index is 8.54. The zero-order valence-electron chi connectivity index (χ0n) is 11.6. The van der Waals surface area contributed by atoms with Crippen LogP contribution in [0, 0.1) is 24.3 Å². The fourth-order valence-corrected chi connectivity index (χ4v) is 3.66. The van der Waals surface area contributed by atoms with E-state index in [0.717, 1.165) is 0 Å². The van der Waals surface area contributed by atoms with E-state index < -0.39 is 0 Å². The van der Waals surface area contributed by atoms with Crippen LogP contribution in [0.5, 0.6) is 0 Å². The molecule has 1 atom stereocenters. The van der Waals surface area contributed by atoms with E-state index in [1.165, 1.54) is 43.2 Å². The molecule has 2 fully saturated rings. The first-order valence-electron chi connectivity index (χ1n) is 6.98. The minimum absolute atomic E-state index is 0. The molecular weight excluding hydrogens is 313 g/mol. The van der Waals surface area contributed by atoms with Gasteiger partial charge in [0.15, 0.2) is 0 Å². The molecule has 101 valence electrons. The maximum Gasteiger partial charge on any atom is 0.0853 e. The minimum Gasteiger partial charge on any atom is -0.252 e. The van der Waals surface area contributed by atoms with Crippen molar-refractivity contribution in [1.82, 2.24) is 0 Å². The standard InChI is InChI=1S/C16H21O2.Y/c1-12-2-4-13(5-3-12)14-6-8-16(9-7-14)10-15(16)11-18-17;/h2,4-5,14-15,17H,6-11H2,1H3;/q-1;. The van der Waals surface area contributed by atoms with Crippen LogP contribution in [0.1, 0.15) is 49.1 Å². The van der Waals surface area contributed by atoms with Crippen LogP contribution in [-0.4, -0.2) is 11.9 Å². The molecular formula is C16H21O2Y-. The zero-order valence-corrected chi connectivity index (χ0v) is 14.4. The van der Waals surface area contributed by atoms with Gasteiger partial charge in [-0.05, 0) is 30.6 Å². The predicted molar refractivity (Wildman–Crippen MR) is 70.3 cm³/mol. The Morgan fingerprint density at radius 1 is 1.37 bits per heavy atom. The quantitative estimate of drug-likeness (QED) is 0.515. The average Bonchev–Trinajstić information content (AvgIpc) is 3.05. The molecule has 1 unspecified atom stereocenters. The Bertz CT molecular complexity index is 407. The summed E-state index contributed by atoms with van der Waals surface area (Å²) in [6.45, 7) is 2.62. The summed E-state index contributed by atoms with van der Waals surface area (Å²) in [5.41, 5.74) is 3.17. The van der Waals surface area contributed by atoms with E-state index in [1.807, 2.05) is 0 Å². The Kier molecular flexibility index (Phi) is 5.22. The molecule has 2 aliphatic carbocycles. The normalized spacial score (nSPS) is 32.9. The maximum atomic E-state index is 8.54. The van der Waals surface area contributed by atoms with E-state index in [2.05, 4.69) is 36.1 Å². The van der Waals surface area contributed by atoms with Gasteiger partial charge in [0.1, 0.15) is 0 Å². The van der Waals surface area contributed by atoms with E-state index in [1.54, 1.807) is 0 Å². The van der Waals surface area contributed by atoms with Gasteiger partial charge in [0.2, 0.25) is 0 Å². The molecule has 2 aliphatic rings. The molecule has 3 heteroatoms. The number of rotatable bonds is 3. The van der Waals surface area contributed by atoms with Crippen LogP contribution in [0.2, 0.25) is 0 Å². The first-order valence-corrected chi connectivity index (χ1v) is 6.98. The zero-order chi connectivity index (χ0) is 12.6. The van der Waals surface area contributed by atoms with Crippen LogP contribution >= 0.6 is 0 Å². The van der Waals surface area contributed by atoms with Gasteiger partial charge in [0.25, 0.3) is 0 Å². The molecule has 1 spiro atoms. The van der Waals surface area contributed by atoms with Gasteiger partial charge in [-0.25, -0.2) is 4.89 Å². The molecule has 19 heavy (non-hydrogen) atoms. The Labute approximate surface area is 140 Å². The van der Waals surface area contributed by atoms with Crippen molar-refractivity contribution in [2.24, 2.45) is 11.3 Å². The molecule has 0 heterocycles. The first kappa shape index (κ1) is 15.6. The average molecular weight is 334 g/mol. The van der Waals surface area contributed by atoms with Crippen LogP contribution in [0.3, 0.4) is 0 Å². The fourth-order valence-electron chi connectivity index (χ4n) is 3.66. The Morgan fingerprint density at radius 3 is 2.68 bits per heavy atom. The smallest absolute Gasteiger partial charge is 0.0853 e. The fraction of sp³-hybridized carbons (Fsp3) is 0.625. The molecule has 0 bridgehead atoms. The van der Waals surface area contributed by atoms with Crippen LogP contribution in [-0.2, 0) is 37.6 Å². The SMILES string of the molecule is Cc1[c-]cc(C2CCC3(CC2)CC3COO)cc1.[Y]. The molecule has 2 nitrogen and oxygen atoms in total.